The Hall–Kier alpha value is -1.52. The lowest BCUT2D eigenvalue weighted by molar-refractivity contribution is 0.285. The molecule has 0 aliphatic carbocycles. The second-order valence-electron chi connectivity index (χ2n) is 6.60. The van der Waals surface area contributed by atoms with Crippen LogP contribution in [0.2, 0.25) is 0 Å². The predicted molar refractivity (Wildman–Crippen MR) is 104 cm³/mol. The van der Waals surface area contributed by atoms with E-state index in [-0.39, 0.29) is 11.6 Å². The second kappa shape index (κ2) is 7.61. The largest absolute Gasteiger partial charge is 0.347 e. The molecular formula is C16H25N5O3S2. The maximum Gasteiger partial charge on any atom is 0.275 e. The SMILES string of the molecule is CCCc1cc(=O)n2nc(N3CCC(N(CC)S(C)(=O)=O)CC3)sc2n1. The molecule has 10 heteroatoms. The Morgan fingerprint density at radius 3 is 2.58 bits per heavy atom. The molecule has 8 nitrogen and oxygen atoms in total. The minimum atomic E-state index is -3.19. The predicted octanol–water partition coefficient (Wildman–Crippen LogP) is 1.35. The maximum absolute atomic E-state index is 12.2. The quantitative estimate of drug-likeness (QED) is 0.729. The molecule has 0 N–H and O–H groups in total. The van der Waals surface area contributed by atoms with Gasteiger partial charge >= 0.3 is 0 Å². The van der Waals surface area contributed by atoms with Crippen molar-refractivity contribution in [3.8, 4) is 0 Å². The molecule has 1 saturated heterocycles. The summed E-state index contributed by atoms with van der Waals surface area (Å²) in [6, 6.07) is 1.58. The lowest BCUT2D eigenvalue weighted by Crippen LogP contribution is -2.47. The summed E-state index contributed by atoms with van der Waals surface area (Å²) in [5.74, 6) is 0. The van der Waals surface area contributed by atoms with Crippen molar-refractivity contribution in [2.24, 2.45) is 0 Å². The van der Waals surface area contributed by atoms with E-state index >= 15 is 0 Å². The van der Waals surface area contributed by atoms with Crippen LogP contribution in [0.3, 0.4) is 0 Å². The normalized spacial score (nSPS) is 16.7. The van der Waals surface area contributed by atoms with E-state index < -0.39 is 10.0 Å². The molecule has 144 valence electrons. The number of sulfonamides is 1. The van der Waals surface area contributed by atoms with E-state index in [4.69, 9.17) is 0 Å². The van der Waals surface area contributed by atoms with E-state index in [0.717, 1.165) is 36.5 Å². The highest BCUT2D eigenvalue weighted by molar-refractivity contribution is 7.88. The third-order valence-corrected chi connectivity index (χ3v) is 7.05. The molecule has 3 rings (SSSR count). The van der Waals surface area contributed by atoms with Gasteiger partial charge in [0, 0.05) is 37.4 Å². The van der Waals surface area contributed by atoms with Crippen LogP contribution in [-0.2, 0) is 16.4 Å². The number of piperidine rings is 1. The molecule has 0 saturated carbocycles. The summed E-state index contributed by atoms with van der Waals surface area (Å²) in [6.45, 7) is 5.85. The van der Waals surface area contributed by atoms with Crippen LogP contribution in [0, 0.1) is 0 Å². The van der Waals surface area contributed by atoms with Crippen molar-refractivity contribution in [2.75, 3.05) is 30.8 Å². The van der Waals surface area contributed by atoms with Crippen molar-refractivity contribution in [1.29, 1.82) is 0 Å². The fraction of sp³-hybridized carbons (Fsp3) is 0.688. The van der Waals surface area contributed by atoms with Gasteiger partial charge in [0.15, 0.2) is 0 Å². The molecule has 0 atom stereocenters. The smallest absolute Gasteiger partial charge is 0.275 e. The van der Waals surface area contributed by atoms with Gasteiger partial charge in [0.25, 0.3) is 5.56 Å². The lowest BCUT2D eigenvalue weighted by Gasteiger charge is -2.36. The monoisotopic (exact) mass is 399 g/mol. The Bertz CT molecular complexity index is 929. The van der Waals surface area contributed by atoms with Crippen LogP contribution in [0.15, 0.2) is 10.9 Å². The zero-order valence-electron chi connectivity index (χ0n) is 15.4. The molecular weight excluding hydrogens is 374 g/mol. The zero-order chi connectivity index (χ0) is 18.9. The highest BCUT2D eigenvalue weighted by Crippen LogP contribution is 2.27. The third kappa shape index (κ3) is 3.91. The molecule has 3 heterocycles. The standard InChI is InChI=1S/C16H25N5O3S2/c1-4-6-12-11-14(22)21-15(17-12)25-16(18-21)19-9-7-13(8-10-19)20(5-2)26(3,23)24/h11,13H,4-10H2,1-3H3. The van der Waals surface area contributed by atoms with Gasteiger partial charge in [0.1, 0.15) is 0 Å². The van der Waals surface area contributed by atoms with Crippen molar-refractivity contribution >= 4 is 31.5 Å². The molecule has 0 spiro atoms. The molecule has 1 aliphatic heterocycles. The molecule has 0 aromatic carbocycles. The van der Waals surface area contributed by atoms with Crippen LogP contribution in [0.5, 0.6) is 0 Å². The van der Waals surface area contributed by atoms with Crippen LogP contribution in [0.25, 0.3) is 4.96 Å². The van der Waals surface area contributed by atoms with E-state index in [1.807, 2.05) is 6.92 Å². The van der Waals surface area contributed by atoms with E-state index in [0.29, 0.717) is 24.6 Å². The second-order valence-corrected chi connectivity index (χ2v) is 9.47. The van der Waals surface area contributed by atoms with Crippen molar-refractivity contribution in [3.05, 3.63) is 22.1 Å². The molecule has 1 fully saturated rings. The Labute approximate surface area is 157 Å². The average molecular weight is 400 g/mol. The fourth-order valence-corrected chi connectivity index (χ4v) is 5.67. The molecule has 0 amide bonds. The minimum absolute atomic E-state index is 0.0256. The maximum atomic E-state index is 12.2. The van der Waals surface area contributed by atoms with Crippen molar-refractivity contribution in [2.45, 2.75) is 45.6 Å². The Balaban J connectivity index is 1.77. The Morgan fingerprint density at radius 1 is 1.31 bits per heavy atom. The van der Waals surface area contributed by atoms with Crippen molar-refractivity contribution in [1.82, 2.24) is 18.9 Å². The molecule has 0 bridgehead atoms. The number of fused-ring (bicyclic) bond motifs is 1. The number of aryl methyl sites for hydroxylation is 1. The van der Waals surface area contributed by atoms with Crippen LogP contribution < -0.4 is 10.5 Å². The van der Waals surface area contributed by atoms with Gasteiger partial charge in [-0.1, -0.05) is 31.6 Å². The first-order valence-electron chi connectivity index (χ1n) is 8.95. The Kier molecular flexibility index (Phi) is 5.64. The third-order valence-electron chi connectivity index (χ3n) is 4.67. The molecule has 26 heavy (non-hydrogen) atoms. The van der Waals surface area contributed by atoms with Crippen LogP contribution in [0.1, 0.15) is 38.8 Å². The van der Waals surface area contributed by atoms with Gasteiger partial charge < -0.3 is 4.90 Å². The van der Waals surface area contributed by atoms with Gasteiger partial charge in [-0.25, -0.2) is 13.4 Å². The van der Waals surface area contributed by atoms with Gasteiger partial charge in [0.05, 0.1) is 6.26 Å². The number of nitrogens with zero attached hydrogens (tertiary/aromatic N) is 5. The first-order valence-corrected chi connectivity index (χ1v) is 11.6. The molecule has 2 aromatic heterocycles. The highest BCUT2D eigenvalue weighted by atomic mass is 32.2. The van der Waals surface area contributed by atoms with Gasteiger partial charge in [-0.05, 0) is 19.3 Å². The summed E-state index contributed by atoms with van der Waals surface area (Å²) >= 11 is 1.41. The number of anilines is 1. The van der Waals surface area contributed by atoms with E-state index in [1.165, 1.54) is 22.1 Å². The van der Waals surface area contributed by atoms with Crippen LogP contribution in [-0.4, -0.2) is 59.3 Å². The van der Waals surface area contributed by atoms with E-state index in [9.17, 15) is 13.2 Å². The first-order chi connectivity index (χ1) is 12.3. The fourth-order valence-electron chi connectivity index (χ4n) is 3.47. The number of aromatic nitrogens is 3. The summed E-state index contributed by atoms with van der Waals surface area (Å²) in [7, 11) is -3.19. The minimum Gasteiger partial charge on any atom is -0.347 e. The van der Waals surface area contributed by atoms with Crippen molar-refractivity contribution < 1.29 is 8.42 Å². The summed E-state index contributed by atoms with van der Waals surface area (Å²) < 4.78 is 26.8. The van der Waals surface area contributed by atoms with E-state index in [2.05, 4.69) is 21.9 Å². The molecule has 1 aliphatic rings. The molecule has 0 unspecified atom stereocenters. The van der Waals surface area contributed by atoms with Gasteiger partial charge in [-0.15, -0.1) is 5.10 Å². The van der Waals surface area contributed by atoms with Gasteiger partial charge in [-0.3, -0.25) is 4.79 Å². The van der Waals surface area contributed by atoms with E-state index in [1.54, 1.807) is 10.4 Å². The zero-order valence-corrected chi connectivity index (χ0v) is 17.0. The Morgan fingerprint density at radius 2 is 2.00 bits per heavy atom. The number of rotatable bonds is 6. The van der Waals surface area contributed by atoms with Crippen molar-refractivity contribution in [3.63, 3.8) is 0 Å². The lowest BCUT2D eigenvalue weighted by atomic mass is 10.1. The number of hydrogen-bond donors (Lipinski definition) is 0. The van der Waals surface area contributed by atoms with Gasteiger partial charge in [-0.2, -0.15) is 8.82 Å². The highest BCUT2D eigenvalue weighted by Gasteiger charge is 2.30. The molecule has 0 radical (unpaired) electrons. The average Bonchev–Trinajstić information content (AvgIpc) is 3.00. The topological polar surface area (TPSA) is 87.9 Å². The number of hydrogen-bond acceptors (Lipinski definition) is 7. The summed E-state index contributed by atoms with van der Waals surface area (Å²) in [5.41, 5.74) is 0.656. The molecule has 2 aromatic rings. The van der Waals surface area contributed by atoms with Gasteiger partial charge in [0.2, 0.25) is 20.1 Å². The summed E-state index contributed by atoms with van der Waals surface area (Å²) in [6.07, 6.45) is 4.49. The van der Waals surface area contributed by atoms with Crippen LogP contribution in [0.4, 0.5) is 5.13 Å². The summed E-state index contributed by atoms with van der Waals surface area (Å²) in [4.78, 5) is 19.5. The summed E-state index contributed by atoms with van der Waals surface area (Å²) in [5, 5.41) is 5.20. The van der Waals surface area contributed by atoms with Crippen LogP contribution >= 0.6 is 11.3 Å². The first kappa shape index (κ1) is 19.2.